The highest BCUT2D eigenvalue weighted by Crippen LogP contribution is 2.26. The van der Waals surface area contributed by atoms with Crippen LogP contribution >= 0.6 is 23.2 Å². The van der Waals surface area contributed by atoms with E-state index in [4.69, 9.17) is 23.2 Å². The molecule has 1 N–H and O–H groups in total. The minimum Gasteiger partial charge on any atom is -0.478 e. The Balaban J connectivity index is 2.05. The number of carboxylic acids is 1. The molecule has 3 aromatic rings. The molecule has 0 radical (unpaired) electrons. The molecule has 1 heterocycles. The highest BCUT2D eigenvalue weighted by Gasteiger charge is 2.18. The van der Waals surface area contributed by atoms with Crippen molar-refractivity contribution in [3.63, 3.8) is 0 Å². The van der Waals surface area contributed by atoms with Crippen molar-refractivity contribution in [2.75, 3.05) is 0 Å². The van der Waals surface area contributed by atoms with Crippen LogP contribution in [0.15, 0.2) is 60.2 Å². The van der Waals surface area contributed by atoms with E-state index in [1.807, 2.05) is 59.2 Å². The molecule has 0 atom stereocenters. The van der Waals surface area contributed by atoms with Crippen LogP contribution in [0.4, 0.5) is 0 Å². The molecule has 1 aromatic heterocycles. The summed E-state index contributed by atoms with van der Waals surface area (Å²) in [6, 6.07) is 17.1. The number of nitrogens with zero attached hydrogens (tertiary/aromatic N) is 2. The number of aliphatic carboxylic acids is 1. The van der Waals surface area contributed by atoms with Gasteiger partial charge in [0.05, 0.1) is 12.2 Å². The molecule has 0 fully saturated rings. The number of carbonyl (C=O) groups is 1. The second kappa shape index (κ2) is 10.5. The molecule has 0 saturated carbocycles. The molecule has 0 aliphatic carbocycles. The predicted octanol–water partition coefficient (Wildman–Crippen LogP) is 6.29. The Labute approximate surface area is 186 Å². The molecule has 0 spiro atoms. The number of aryl methyl sites for hydroxylation is 1. The predicted molar refractivity (Wildman–Crippen MR) is 122 cm³/mol. The number of hydrogen-bond donors (Lipinski definition) is 1. The van der Waals surface area contributed by atoms with Gasteiger partial charge in [0.25, 0.3) is 0 Å². The Morgan fingerprint density at radius 2 is 1.80 bits per heavy atom. The second-order valence-corrected chi connectivity index (χ2v) is 7.89. The van der Waals surface area contributed by atoms with Crippen molar-refractivity contribution >= 4 is 35.2 Å². The number of rotatable bonds is 9. The second-order valence-electron chi connectivity index (χ2n) is 7.12. The number of benzene rings is 2. The summed E-state index contributed by atoms with van der Waals surface area (Å²) in [6.45, 7) is 2.59. The van der Waals surface area contributed by atoms with Crippen LogP contribution in [0.5, 0.6) is 0 Å². The van der Waals surface area contributed by atoms with E-state index in [2.05, 4.69) is 11.9 Å². The number of halogens is 2. The van der Waals surface area contributed by atoms with Crippen LogP contribution in [0.1, 0.15) is 42.4 Å². The average Bonchev–Trinajstić information content (AvgIpc) is 3.02. The third-order valence-electron chi connectivity index (χ3n) is 4.90. The quantitative estimate of drug-likeness (QED) is 0.396. The smallest absolute Gasteiger partial charge is 0.331 e. The molecule has 30 heavy (non-hydrogen) atoms. The number of unbranched alkanes of at least 4 members (excludes halogenated alkanes) is 1. The van der Waals surface area contributed by atoms with Gasteiger partial charge in [-0.3, -0.25) is 0 Å². The van der Waals surface area contributed by atoms with Gasteiger partial charge < -0.3 is 9.67 Å². The Kier molecular flexibility index (Phi) is 7.72. The fourth-order valence-corrected chi connectivity index (χ4v) is 3.74. The normalized spacial score (nSPS) is 11.6. The van der Waals surface area contributed by atoms with E-state index in [1.165, 1.54) is 0 Å². The summed E-state index contributed by atoms with van der Waals surface area (Å²) >= 11 is 12.9. The first kappa shape index (κ1) is 22.1. The molecule has 4 nitrogen and oxygen atoms in total. The fourth-order valence-electron chi connectivity index (χ4n) is 3.29. The van der Waals surface area contributed by atoms with Gasteiger partial charge in [0.2, 0.25) is 0 Å². The van der Waals surface area contributed by atoms with Crippen molar-refractivity contribution in [1.82, 2.24) is 9.55 Å². The van der Waals surface area contributed by atoms with Crippen molar-refractivity contribution in [2.24, 2.45) is 0 Å². The zero-order chi connectivity index (χ0) is 21.5. The van der Waals surface area contributed by atoms with Crippen LogP contribution in [-0.2, 0) is 24.2 Å². The van der Waals surface area contributed by atoms with Crippen molar-refractivity contribution in [3.8, 4) is 0 Å². The molecule has 0 bridgehead atoms. The number of aromatic nitrogens is 2. The van der Waals surface area contributed by atoms with Gasteiger partial charge in [-0.25, -0.2) is 9.78 Å². The van der Waals surface area contributed by atoms with E-state index < -0.39 is 5.97 Å². The zero-order valence-electron chi connectivity index (χ0n) is 16.8. The largest absolute Gasteiger partial charge is 0.478 e. The summed E-state index contributed by atoms with van der Waals surface area (Å²) in [5.41, 5.74) is 2.70. The first-order valence-corrected chi connectivity index (χ1v) is 10.7. The Morgan fingerprint density at radius 3 is 2.47 bits per heavy atom. The van der Waals surface area contributed by atoms with Gasteiger partial charge in [-0.05, 0) is 29.7 Å². The van der Waals surface area contributed by atoms with Gasteiger partial charge in [0.1, 0.15) is 5.82 Å². The summed E-state index contributed by atoms with van der Waals surface area (Å²) in [5, 5.41) is 10.8. The van der Waals surface area contributed by atoms with Crippen molar-refractivity contribution in [3.05, 3.63) is 93.0 Å². The van der Waals surface area contributed by atoms with E-state index in [9.17, 15) is 9.90 Å². The topological polar surface area (TPSA) is 55.1 Å². The van der Waals surface area contributed by atoms with Gasteiger partial charge in [-0.1, -0.05) is 85.1 Å². The Morgan fingerprint density at radius 1 is 1.10 bits per heavy atom. The molecule has 6 heteroatoms. The van der Waals surface area contributed by atoms with Gasteiger partial charge >= 0.3 is 5.97 Å². The minimum atomic E-state index is -0.976. The molecule has 3 rings (SSSR count). The number of hydrogen-bond acceptors (Lipinski definition) is 2. The van der Waals surface area contributed by atoms with Crippen LogP contribution in [0.25, 0.3) is 6.08 Å². The molecule has 0 aliphatic rings. The SMILES string of the molecule is CCCCc1nc(Cl)c(/C=C(\Cc2ccccc2)C(=O)O)n1Cc1ccccc1Cl. The first-order valence-electron chi connectivity index (χ1n) is 9.95. The zero-order valence-corrected chi connectivity index (χ0v) is 18.3. The van der Waals surface area contributed by atoms with Crippen LogP contribution in [-0.4, -0.2) is 20.6 Å². The summed E-state index contributed by atoms with van der Waals surface area (Å²) in [4.78, 5) is 16.5. The summed E-state index contributed by atoms with van der Waals surface area (Å²) in [6.07, 6.45) is 4.69. The lowest BCUT2D eigenvalue weighted by molar-refractivity contribution is -0.132. The molecule has 0 saturated heterocycles. The standard InChI is InChI=1S/C24H24Cl2N2O2/c1-2-3-13-22-27-23(26)21(28(22)16-18-11-7-8-12-20(18)25)15-19(24(29)30)14-17-9-5-4-6-10-17/h4-12,15H,2-3,13-14,16H2,1H3,(H,29,30)/b19-15+. The van der Waals surface area contributed by atoms with E-state index in [0.29, 0.717) is 28.8 Å². The van der Waals surface area contributed by atoms with Crippen LogP contribution in [0, 0.1) is 0 Å². The maximum absolute atomic E-state index is 12.0. The van der Waals surface area contributed by atoms with E-state index in [0.717, 1.165) is 36.2 Å². The number of imidazole rings is 1. The lowest BCUT2D eigenvalue weighted by Gasteiger charge is -2.12. The summed E-state index contributed by atoms with van der Waals surface area (Å²) in [5.74, 6) is -0.145. The molecule has 0 amide bonds. The van der Waals surface area contributed by atoms with Crippen molar-refractivity contribution in [1.29, 1.82) is 0 Å². The Hall–Kier alpha value is -2.56. The maximum atomic E-state index is 12.0. The summed E-state index contributed by atoms with van der Waals surface area (Å²) < 4.78 is 1.98. The fraction of sp³-hybridized carbons (Fsp3) is 0.250. The van der Waals surface area contributed by atoms with Crippen LogP contribution in [0.3, 0.4) is 0 Å². The van der Waals surface area contributed by atoms with E-state index in [1.54, 1.807) is 6.08 Å². The minimum absolute atomic E-state index is 0.255. The summed E-state index contributed by atoms with van der Waals surface area (Å²) in [7, 11) is 0. The molecule has 0 aliphatic heterocycles. The first-order chi connectivity index (χ1) is 14.5. The van der Waals surface area contributed by atoms with Crippen molar-refractivity contribution < 1.29 is 9.90 Å². The molecule has 2 aromatic carbocycles. The van der Waals surface area contributed by atoms with Gasteiger partial charge in [-0.15, -0.1) is 0 Å². The molecular weight excluding hydrogens is 419 g/mol. The Bertz CT molecular complexity index is 1040. The highest BCUT2D eigenvalue weighted by atomic mass is 35.5. The lowest BCUT2D eigenvalue weighted by atomic mass is 10.0. The van der Waals surface area contributed by atoms with Gasteiger partial charge in [0.15, 0.2) is 5.15 Å². The average molecular weight is 443 g/mol. The highest BCUT2D eigenvalue weighted by molar-refractivity contribution is 6.31. The van der Waals surface area contributed by atoms with Crippen LogP contribution < -0.4 is 0 Å². The van der Waals surface area contributed by atoms with Crippen LogP contribution in [0.2, 0.25) is 10.2 Å². The third-order valence-corrected chi connectivity index (χ3v) is 5.55. The third kappa shape index (κ3) is 5.53. The van der Waals surface area contributed by atoms with E-state index >= 15 is 0 Å². The van der Waals surface area contributed by atoms with E-state index in [-0.39, 0.29) is 5.57 Å². The molecule has 156 valence electrons. The van der Waals surface area contributed by atoms with Crippen molar-refractivity contribution in [2.45, 2.75) is 39.2 Å². The lowest BCUT2D eigenvalue weighted by Crippen LogP contribution is -2.10. The molecule has 0 unspecified atom stereocenters. The molecular formula is C24H24Cl2N2O2. The monoisotopic (exact) mass is 442 g/mol. The maximum Gasteiger partial charge on any atom is 0.331 e. The van der Waals surface area contributed by atoms with Gasteiger partial charge in [0, 0.05) is 23.4 Å². The number of carboxylic acid groups (broad SMARTS) is 1. The van der Waals surface area contributed by atoms with Gasteiger partial charge in [-0.2, -0.15) is 0 Å².